The van der Waals surface area contributed by atoms with Crippen LogP contribution in [0.4, 0.5) is 5.82 Å². The van der Waals surface area contributed by atoms with Crippen molar-refractivity contribution in [1.29, 1.82) is 0 Å². The molecule has 7 heteroatoms. The zero-order chi connectivity index (χ0) is 14.5. The third-order valence-corrected chi connectivity index (χ3v) is 3.19. The molecule has 6 nitrogen and oxygen atoms in total. The number of nitrogens with one attached hydrogen (secondary N) is 3. The number of halogens is 1. The van der Waals surface area contributed by atoms with Crippen LogP contribution in [0.3, 0.4) is 0 Å². The lowest BCUT2D eigenvalue weighted by Gasteiger charge is -2.15. The molecule has 2 aromatic heterocycles. The zero-order valence-electron chi connectivity index (χ0n) is 11.3. The smallest absolute Gasteiger partial charge is 0.272 e. The van der Waals surface area contributed by atoms with Crippen LogP contribution in [0.15, 0.2) is 24.5 Å². The second-order valence-corrected chi connectivity index (χ2v) is 4.59. The van der Waals surface area contributed by atoms with Gasteiger partial charge < -0.3 is 15.6 Å². The largest absolute Gasteiger partial charge is 0.373 e. The molecule has 0 fully saturated rings. The SMILES string of the molecule is CCC(NC(=O)c1nc(NC)ccc1Cl)c1ncc[nH]1. The molecule has 0 aliphatic heterocycles. The van der Waals surface area contributed by atoms with E-state index < -0.39 is 0 Å². The summed E-state index contributed by atoms with van der Waals surface area (Å²) in [6.45, 7) is 1.96. The van der Waals surface area contributed by atoms with Crippen LogP contribution in [0.1, 0.15) is 35.7 Å². The highest BCUT2D eigenvalue weighted by molar-refractivity contribution is 6.33. The molecule has 1 unspecified atom stereocenters. The Morgan fingerprint density at radius 1 is 1.50 bits per heavy atom. The number of aromatic amines is 1. The topological polar surface area (TPSA) is 82.7 Å². The lowest BCUT2D eigenvalue weighted by atomic mass is 10.2. The van der Waals surface area contributed by atoms with Crippen LogP contribution in [0.5, 0.6) is 0 Å². The molecule has 0 aliphatic rings. The number of carbonyl (C=O) groups excluding carboxylic acids is 1. The highest BCUT2D eigenvalue weighted by Gasteiger charge is 2.19. The summed E-state index contributed by atoms with van der Waals surface area (Å²) >= 11 is 6.03. The molecule has 2 heterocycles. The van der Waals surface area contributed by atoms with Gasteiger partial charge in [-0.2, -0.15) is 0 Å². The Bertz CT molecular complexity index is 584. The average molecular weight is 294 g/mol. The van der Waals surface area contributed by atoms with Crippen molar-refractivity contribution in [3.8, 4) is 0 Å². The van der Waals surface area contributed by atoms with Crippen molar-refractivity contribution in [3.63, 3.8) is 0 Å². The fourth-order valence-electron chi connectivity index (χ4n) is 1.80. The maximum absolute atomic E-state index is 12.3. The molecule has 2 aromatic rings. The molecular weight excluding hydrogens is 278 g/mol. The van der Waals surface area contributed by atoms with Crippen molar-refractivity contribution in [3.05, 3.63) is 41.1 Å². The van der Waals surface area contributed by atoms with Gasteiger partial charge in [0.2, 0.25) is 0 Å². The third kappa shape index (κ3) is 3.08. The Kier molecular flexibility index (Phi) is 4.57. The molecule has 0 radical (unpaired) electrons. The Morgan fingerprint density at radius 2 is 2.30 bits per heavy atom. The number of nitrogens with zero attached hydrogens (tertiary/aromatic N) is 2. The predicted octanol–water partition coefficient (Wildman–Crippen LogP) is 2.38. The highest BCUT2D eigenvalue weighted by atomic mass is 35.5. The van der Waals surface area contributed by atoms with E-state index in [1.165, 1.54) is 0 Å². The number of pyridine rings is 1. The third-order valence-electron chi connectivity index (χ3n) is 2.88. The van der Waals surface area contributed by atoms with Crippen molar-refractivity contribution in [1.82, 2.24) is 20.3 Å². The van der Waals surface area contributed by atoms with Gasteiger partial charge in [0.25, 0.3) is 5.91 Å². The second-order valence-electron chi connectivity index (χ2n) is 4.19. The van der Waals surface area contributed by atoms with E-state index in [0.717, 1.165) is 0 Å². The second kappa shape index (κ2) is 6.38. The molecule has 0 spiro atoms. The molecule has 3 N–H and O–H groups in total. The zero-order valence-corrected chi connectivity index (χ0v) is 12.0. The van der Waals surface area contributed by atoms with Crippen LogP contribution in [0.25, 0.3) is 0 Å². The number of rotatable bonds is 5. The molecular formula is C13H16ClN5O. The number of hydrogen-bond acceptors (Lipinski definition) is 4. The summed E-state index contributed by atoms with van der Waals surface area (Å²) < 4.78 is 0. The number of H-pyrrole nitrogens is 1. The van der Waals surface area contributed by atoms with E-state index >= 15 is 0 Å². The van der Waals surface area contributed by atoms with Gasteiger partial charge in [-0.15, -0.1) is 0 Å². The Morgan fingerprint density at radius 3 is 2.90 bits per heavy atom. The van der Waals surface area contributed by atoms with Gasteiger partial charge in [-0.1, -0.05) is 18.5 Å². The maximum Gasteiger partial charge on any atom is 0.272 e. The van der Waals surface area contributed by atoms with Crippen molar-refractivity contribution >= 4 is 23.3 Å². The minimum Gasteiger partial charge on any atom is -0.373 e. The quantitative estimate of drug-likeness (QED) is 0.790. The Hall–Kier alpha value is -2.08. The monoisotopic (exact) mass is 293 g/mol. The number of hydrogen-bond donors (Lipinski definition) is 3. The first-order chi connectivity index (χ1) is 9.65. The van der Waals surface area contributed by atoms with E-state index in [2.05, 4.69) is 25.6 Å². The van der Waals surface area contributed by atoms with E-state index in [1.807, 2.05) is 6.92 Å². The molecule has 20 heavy (non-hydrogen) atoms. The van der Waals surface area contributed by atoms with Crippen LogP contribution in [-0.2, 0) is 0 Å². The number of anilines is 1. The lowest BCUT2D eigenvalue weighted by molar-refractivity contribution is 0.0929. The first-order valence-corrected chi connectivity index (χ1v) is 6.68. The van der Waals surface area contributed by atoms with Crippen LogP contribution >= 0.6 is 11.6 Å². The van der Waals surface area contributed by atoms with Crippen LogP contribution in [-0.4, -0.2) is 27.9 Å². The summed E-state index contributed by atoms with van der Waals surface area (Å²) in [7, 11) is 1.73. The number of aromatic nitrogens is 3. The van der Waals surface area contributed by atoms with E-state index in [0.29, 0.717) is 23.1 Å². The van der Waals surface area contributed by atoms with E-state index in [9.17, 15) is 4.79 Å². The number of carbonyl (C=O) groups is 1. The van der Waals surface area contributed by atoms with Crippen molar-refractivity contribution in [2.24, 2.45) is 0 Å². The van der Waals surface area contributed by atoms with Gasteiger partial charge >= 0.3 is 0 Å². The number of amides is 1. The van der Waals surface area contributed by atoms with Crippen molar-refractivity contribution < 1.29 is 4.79 Å². The highest BCUT2D eigenvalue weighted by Crippen LogP contribution is 2.18. The van der Waals surface area contributed by atoms with Crippen molar-refractivity contribution in [2.45, 2.75) is 19.4 Å². The predicted molar refractivity (Wildman–Crippen MR) is 77.9 cm³/mol. The summed E-state index contributed by atoms with van der Waals surface area (Å²) in [5.74, 6) is 0.975. The average Bonchev–Trinajstić information content (AvgIpc) is 2.99. The Labute approximate surface area is 122 Å². The molecule has 1 atom stereocenters. The van der Waals surface area contributed by atoms with Crippen LogP contribution in [0, 0.1) is 0 Å². The van der Waals surface area contributed by atoms with Crippen LogP contribution in [0.2, 0.25) is 5.02 Å². The molecule has 0 aliphatic carbocycles. The van der Waals surface area contributed by atoms with Gasteiger partial charge in [0.15, 0.2) is 0 Å². The van der Waals surface area contributed by atoms with Gasteiger partial charge in [-0.3, -0.25) is 4.79 Å². The van der Waals surface area contributed by atoms with Gasteiger partial charge in [0.1, 0.15) is 17.3 Å². The normalized spacial score (nSPS) is 11.9. The first-order valence-electron chi connectivity index (χ1n) is 6.30. The van der Waals surface area contributed by atoms with Gasteiger partial charge in [-0.05, 0) is 18.6 Å². The minimum atomic E-state index is -0.324. The van der Waals surface area contributed by atoms with Gasteiger partial charge in [0, 0.05) is 19.4 Å². The summed E-state index contributed by atoms with van der Waals surface area (Å²) in [5.41, 5.74) is 0.198. The summed E-state index contributed by atoms with van der Waals surface area (Å²) in [6.07, 6.45) is 4.08. The number of imidazole rings is 1. The van der Waals surface area contributed by atoms with E-state index in [-0.39, 0.29) is 17.6 Å². The molecule has 0 saturated carbocycles. The lowest BCUT2D eigenvalue weighted by Crippen LogP contribution is -2.30. The molecule has 2 rings (SSSR count). The van der Waals surface area contributed by atoms with Gasteiger partial charge in [0.05, 0.1) is 11.1 Å². The molecule has 0 saturated heterocycles. The maximum atomic E-state index is 12.3. The van der Waals surface area contributed by atoms with E-state index in [1.54, 1.807) is 31.6 Å². The van der Waals surface area contributed by atoms with Crippen LogP contribution < -0.4 is 10.6 Å². The molecule has 1 amide bonds. The first kappa shape index (κ1) is 14.3. The standard InChI is InChI=1S/C13H16ClN5O/c1-3-9(12-16-6-7-17-12)18-13(20)11-8(14)4-5-10(15-2)19-11/h4-7,9H,3H2,1-2H3,(H,15,19)(H,16,17)(H,18,20). The summed E-state index contributed by atoms with van der Waals surface area (Å²) in [5, 5.41) is 6.06. The fraction of sp³-hybridized carbons (Fsp3) is 0.308. The van der Waals surface area contributed by atoms with Gasteiger partial charge in [-0.25, -0.2) is 9.97 Å². The molecule has 0 aromatic carbocycles. The van der Waals surface area contributed by atoms with Crippen molar-refractivity contribution in [2.75, 3.05) is 12.4 Å². The van der Waals surface area contributed by atoms with E-state index in [4.69, 9.17) is 11.6 Å². The Balaban J connectivity index is 2.19. The summed E-state index contributed by atoms with van der Waals surface area (Å²) in [6, 6.07) is 3.15. The molecule has 106 valence electrons. The molecule has 0 bridgehead atoms. The minimum absolute atomic E-state index is 0.198. The summed E-state index contributed by atoms with van der Waals surface area (Å²) in [4.78, 5) is 23.6. The fourth-order valence-corrected chi connectivity index (χ4v) is 1.99.